The molecule has 2 bridgehead atoms. The highest BCUT2D eigenvalue weighted by molar-refractivity contribution is 8.02. The zero-order valence-corrected chi connectivity index (χ0v) is 22.5. The number of aliphatic hydroxyl groups is 1. The van der Waals surface area contributed by atoms with Gasteiger partial charge in [-0.15, -0.1) is 11.8 Å². The van der Waals surface area contributed by atoms with Gasteiger partial charge in [0.25, 0.3) is 0 Å². The van der Waals surface area contributed by atoms with Gasteiger partial charge in [-0.3, -0.25) is 14.4 Å². The molecule has 2 unspecified atom stereocenters. The van der Waals surface area contributed by atoms with Crippen molar-refractivity contribution in [2.24, 2.45) is 17.8 Å². The maximum absolute atomic E-state index is 14.2. The third-order valence-electron chi connectivity index (χ3n) is 8.31. The summed E-state index contributed by atoms with van der Waals surface area (Å²) in [5, 5.41) is 16.7. The molecule has 3 heterocycles. The minimum atomic E-state index is -0.822. The van der Waals surface area contributed by atoms with E-state index in [0.717, 1.165) is 12.8 Å². The fraction of sp³-hybridized carbons (Fsp3) is 0.464. The summed E-state index contributed by atoms with van der Waals surface area (Å²) in [7, 11) is 0. The first kappa shape index (κ1) is 26.1. The van der Waals surface area contributed by atoms with Gasteiger partial charge in [0, 0.05) is 10.9 Å². The number of rotatable bonds is 8. The van der Waals surface area contributed by atoms with Gasteiger partial charge in [-0.25, -0.2) is 0 Å². The van der Waals surface area contributed by atoms with E-state index in [1.54, 1.807) is 40.9 Å². The molecule has 7 atom stereocenters. The Bertz CT molecular complexity index is 1200. The molecule has 3 saturated heterocycles. The van der Waals surface area contributed by atoms with Gasteiger partial charge in [0.2, 0.25) is 17.7 Å². The van der Waals surface area contributed by atoms with E-state index in [1.165, 1.54) is 0 Å². The molecule has 2 aromatic rings. The molecule has 37 heavy (non-hydrogen) atoms. The lowest BCUT2D eigenvalue weighted by atomic mass is 9.70. The predicted molar refractivity (Wildman–Crippen MR) is 146 cm³/mol. The number of anilines is 2. The van der Waals surface area contributed by atoms with E-state index in [9.17, 15) is 19.5 Å². The van der Waals surface area contributed by atoms with Crippen molar-refractivity contribution in [1.29, 1.82) is 0 Å². The number of carbonyl (C=O) groups excluding carboxylic acids is 3. The highest BCUT2D eigenvalue weighted by atomic mass is 35.5. The van der Waals surface area contributed by atoms with Crippen LogP contribution in [0.3, 0.4) is 0 Å². The van der Waals surface area contributed by atoms with Crippen molar-refractivity contribution in [3.8, 4) is 0 Å². The van der Waals surface area contributed by atoms with Crippen LogP contribution in [-0.4, -0.2) is 56.4 Å². The molecule has 3 aliphatic rings. The van der Waals surface area contributed by atoms with Gasteiger partial charge in [0.1, 0.15) is 6.04 Å². The fourth-order valence-electron chi connectivity index (χ4n) is 6.37. The zero-order valence-electron chi connectivity index (χ0n) is 20.9. The molecule has 7 nitrogen and oxygen atoms in total. The fourth-order valence-corrected chi connectivity index (χ4v) is 8.76. The van der Waals surface area contributed by atoms with E-state index >= 15 is 0 Å². The number of para-hydroxylation sites is 2. The van der Waals surface area contributed by atoms with Crippen molar-refractivity contribution in [2.45, 2.75) is 55.2 Å². The van der Waals surface area contributed by atoms with Gasteiger partial charge in [0.15, 0.2) is 0 Å². The molecule has 5 rings (SSSR count). The molecule has 0 aromatic heterocycles. The Morgan fingerprint density at radius 3 is 2.51 bits per heavy atom. The highest BCUT2D eigenvalue weighted by Crippen LogP contribution is 2.67. The number of carbonyl (C=O) groups is 3. The van der Waals surface area contributed by atoms with Crippen molar-refractivity contribution in [1.82, 2.24) is 4.90 Å². The lowest BCUT2D eigenvalue weighted by Crippen LogP contribution is -2.56. The van der Waals surface area contributed by atoms with Gasteiger partial charge in [-0.2, -0.15) is 0 Å². The van der Waals surface area contributed by atoms with Gasteiger partial charge in [-0.1, -0.05) is 62.2 Å². The van der Waals surface area contributed by atoms with Gasteiger partial charge in [0.05, 0.1) is 39.9 Å². The quantitative estimate of drug-likeness (QED) is 0.459. The van der Waals surface area contributed by atoms with Gasteiger partial charge < -0.3 is 20.6 Å². The number of benzene rings is 2. The molecule has 0 saturated carbocycles. The summed E-state index contributed by atoms with van der Waals surface area (Å²) in [6, 6.07) is 14.9. The first-order valence-electron chi connectivity index (χ1n) is 12.8. The van der Waals surface area contributed by atoms with Crippen LogP contribution in [0.25, 0.3) is 0 Å². The Morgan fingerprint density at radius 1 is 1.14 bits per heavy atom. The van der Waals surface area contributed by atoms with E-state index in [-0.39, 0.29) is 35.5 Å². The number of halogens is 1. The second-order valence-electron chi connectivity index (χ2n) is 10.3. The van der Waals surface area contributed by atoms with Crippen molar-refractivity contribution in [3.05, 3.63) is 59.6 Å². The molecule has 3 N–H and O–H groups in total. The Hall–Kier alpha value is -2.55. The van der Waals surface area contributed by atoms with Crippen LogP contribution in [-0.2, 0) is 14.4 Å². The summed E-state index contributed by atoms with van der Waals surface area (Å²) in [6.45, 7) is 3.73. The smallest absolute Gasteiger partial charge is 0.248 e. The first-order valence-corrected chi connectivity index (χ1v) is 14.1. The maximum Gasteiger partial charge on any atom is 0.248 e. The number of hydrogen-bond acceptors (Lipinski definition) is 5. The third-order valence-corrected chi connectivity index (χ3v) is 10.6. The van der Waals surface area contributed by atoms with Crippen molar-refractivity contribution in [2.75, 3.05) is 17.2 Å². The summed E-state index contributed by atoms with van der Waals surface area (Å²) < 4.78 is -0.743. The average Bonchev–Trinajstić information content (AvgIpc) is 3.54. The minimum absolute atomic E-state index is 0.0291. The van der Waals surface area contributed by atoms with Gasteiger partial charge >= 0.3 is 0 Å². The van der Waals surface area contributed by atoms with Crippen LogP contribution >= 0.6 is 23.4 Å². The second-order valence-corrected chi connectivity index (χ2v) is 12.3. The Balaban J connectivity index is 1.53. The topological polar surface area (TPSA) is 98.7 Å². The number of amides is 3. The molecule has 9 heteroatoms. The molecule has 3 aliphatic heterocycles. The van der Waals surface area contributed by atoms with E-state index in [2.05, 4.69) is 10.6 Å². The third kappa shape index (κ3) is 4.33. The van der Waals surface area contributed by atoms with Crippen LogP contribution in [0.15, 0.2) is 54.6 Å². The van der Waals surface area contributed by atoms with Crippen molar-refractivity contribution in [3.63, 3.8) is 0 Å². The number of hydrogen-bond donors (Lipinski definition) is 3. The lowest BCUT2D eigenvalue weighted by molar-refractivity contribution is -0.142. The normalized spacial score (nSPS) is 29.6. The molecule has 0 aliphatic carbocycles. The largest absolute Gasteiger partial charge is 0.394 e. The van der Waals surface area contributed by atoms with E-state index in [4.69, 9.17) is 11.6 Å². The van der Waals surface area contributed by atoms with Crippen molar-refractivity contribution < 1.29 is 19.5 Å². The van der Waals surface area contributed by atoms with Crippen LogP contribution < -0.4 is 10.6 Å². The lowest BCUT2D eigenvalue weighted by Gasteiger charge is -2.39. The number of thioether (sulfide) groups is 1. The minimum Gasteiger partial charge on any atom is -0.394 e. The molecule has 3 amide bonds. The summed E-state index contributed by atoms with van der Waals surface area (Å²) in [4.78, 5) is 43.4. The van der Waals surface area contributed by atoms with Crippen molar-refractivity contribution >= 4 is 52.5 Å². The van der Waals surface area contributed by atoms with Crippen LogP contribution in [0.4, 0.5) is 11.4 Å². The summed E-state index contributed by atoms with van der Waals surface area (Å²) in [5.74, 6) is -1.97. The standard InChI is InChI=1S/C28H32ClN3O4S/c1-3-16(2)20(15-33)32-24(26(35)31-19-12-8-7-11-18(19)29)28-14-13-21(37-28)22(23(28)27(32)36)25(34)30-17-9-5-4-6-10-17/h4-12,16,20-24,33H,3,13-15H2,1-2H3,(H,30,34)(H,31,35)/t16-,20-,21+,22-,23-,24?,28?/m0/s1. The molecule has 2 aromatic carbocycles. The number of nitrogens with one attached hydrogen (secondary N) is 2. The summed E-state index contributed by atoms with van der Waals surface area (Å²) in [5.41, 5.74) is 1.15. The van der Waals surface area contributed by atoms with Crippen LogP contribution in [0.1, 0.15) is 33.1 Å². The Kier molecular flexibility index (Phi) is 7.27. The van der Waals surface area contributed by atoms with Gasteiger partial charge in [-0.05, 0) is 43.0 Å². The first-order chi connectivity index (χ1) is 17.8. The maximum atomic E-state index is 14.2. The Morgan fingerprint density at radius 2 is 1.84 bits per heavy atom. The average molecular weight is 542 g/mol. The molecular weight excluding hydrogens is 510 g/mol. The van der Waals surface area contributed by atoms with Crippen LogP contribution in [0, 0.1) is 17.8 Å². The monoisotopic (exact) mass is 541 g/mol. The van der Waals surface area contributed by atoms with E-state index in [0.29, 0.717) is 22.8 Å². The zero-order chi connectivity index (χ0) is 26.3. The predicted octanol–water partition coefficient (Wildman–Crippen LogP) is 4.42. The molecule has 0 radical (unpaired) electrons. The second kappa shape index (κ2) is 10.3. The SMILES string of the molecule is CC[C@H](C)[C@H](CO)N1C(=O)[C@@H]2[C@@H](C(=O)Nc3ccccc3)[C@H]3CCC2(S3)C1C(=O)Nc1ccccc1Cl. The van der Waals surface area contributed by atoms with E-state index < -0.39 is 28.7 Å². The summed E-state index contributed by atoms with van der Waals surface area (Å²) in [6.07, 6.45) is 2.14. The molecule has 1 spiro atoms. The number of aliphatic hydroxyl groups excluding tert-OH is 1. The number of fused-ring (bicyclic) bond motifs is 1. The van der Waals surface area contributed by atoms with E-state index in [1.807, 2.05) is 44.2 Å². The number of nitrogens with zero attached hydrogens (tertiary/aromatic N) is 1. The summed E-state index contributed by atoms with van der Waals surface area (Å²) >= 11 is 7.94. The van der Waals surface area contributed by atoms with Crippen LogP contribution in [0.5, 0.6) is 0 Å². The van der Waals surface area contributed by atoms with Crippen LogP contribution in [0.2, 0.25) is 5.02 Å². The highest BCUT2D eigenvalue weighted by Gasteiger charge is 2.74. The Labute approximate surface area is 226 Å². The molecule has 196 valence electrons. The molecular formula is C28H32ClN3O4S. The molecule has 3 fully saturated rings. The number of likely N-dealkylation sites (tertiary alicyclic amines) is 1.